The van der Waals surface area contributed by atoms with Gasteiger partial charge in [-0.3, -0.25) is 4.90 Å². The van der Waals surface area contributed by atoms with E-state index in [1.54, 1.807) is 11.1 Å². The highest BCUT2D eigenvalue weighted by molar-refractivity contribution is 5.35. The van der Waals surface area contributed by atoms with E-state index < -0.39 is 0 Å². The van der Waals surface area contributed by atoms with Crippen molar-refractivity contribution in [3.63, 3.8) is 0 Å². The molecule has 104 valence electrons. The lowest BCUT2D eigenvalue weighted by Crippen LogP contribution is -2.48. The average molecular weight is 260 g/mol. The average Bonchev–Trinajstić information content (AvgIpc) is 2.85. The van der Waals surface area contributed by atoms with Gasteiger partial charge in [0.15, 0.2) is 0 Å². The minimum atomic E-state index is 0.193. The topological polar surface area (TPSA) is 38.5 Å². The van der Waals surface area contributed by atoms with Crippen LogP contribution in [0, 0.1) is 0 Å². The van der Waals surface area contributed by atoms with Crippen molar-refractivity contribution in [2.45, 2.75) is 44.9 Å². The molecule has 1 heterocycles. The number of hydrogen-bond donors (Lipinski definition) is 1. The molecule has 0 amide bonds. The number of benzene rings is 1. The van der Waals surface area contributed by atoms with Crippen molar-refractivity contribution in [3.8, 4) is 0 Å². The van der Waals surface area contributed by atoms with Crippen LogP contribution in [-0.2, 0) is 24.1 Å². The first-order valence-corrected chi connectivity index (χ1v) is 7.43. The molecule has 0 radical (unpaired) electrons. The Labute approximate surface area is 115 Å². The molecule has 3 heteroatoms. The van der Waals surface area contributed by atoms with E-state index in [4.69, 9.17) is 10.5 Å². The number of nitrogens with two attached hydrogens (primary N) is 1. The largest absolute Gasteiger partial charge is 0.371 e. The fourth-order valence-electron chi connectivity index (χ4n) is 3.38. The number of morpholine rings is 1. The Hall–Kier alpha value is -0.900. The van der Waals surface area contributed by atoms with Crippen LogP contribution in [0.15, 0.2) is 18.2 Å². The molecule has 1 aliphatic carbocycles. The Bertz CT molecular complexity index is 446. The molecule has 1 saturated heterocycles. The van der Waals surface area contributed by atoms with E-state index in [1.807, 2.05) is 0 Å². The van der Waals surface area contributed by atoms with Crippen molar-refractivity contribution in [2.24, 2.45) is 5.73 Å². The first kappa shape index (κ1) is 13.1. The van der Waals surface area contributed by atoms with Crippen LogP contribution in [0.25, 0.3) is 0 Å². The zero-order valence-electron chi connectivity index (χ0n) is 11.8. The van der Waals surface area contributed by atoms with Gasteiger partial charge in [0.1, 0.15) is 0 Å². The Kier molecular flexibility index (Phi) is 3.87. The predicted molar refractivity (Wildman–Crippen MR) is 77.1 cm³/mol. The van der Waals surface area contributed by atoms with E-state index in [1.165, 1.54) is 24.8 Å². The molecule has 3 rings (SSSR count). The van der Waals surface area contributed by atoms with Crippen LogP contribution in [0.3, 0.4) is 0 Å². The van der Waals surface area contributed by atoms with Crippen LogP contribution in [0.1, 0.15) is 30.0 Å². The second-order valence-electron chi connectivity index (χ2n) is 5.96. The van der Waals surface area contributed by atoms with Gasteiger partial charge in [0.2, 0.25) is 0 Å². The van der Waals surface area contributed by atoms with Gasteiger partial charge in [0.05, 0.1) is 12.2 Å². The van der Waals surface area contributed by atoms with Gasteiger partial charge in [-0.15, -0.1) is 0 Å². The minimum absolute atomic E-state index is 0.193. The van der Waals surface area contributed by atoms with Crippen LogP contribution < -0.4 is 5.73 Å². The number of aryl methyl sites for hydroxylation is 2. The van der Waals surface area contributed by atoms with Crippen LogP contribution in [0.2, 0.25) is 0 Å². The van der Waals surface area contributed by atoms with Gasteiger partial charge in [-0.1, -0.05) is 18.2 Å². The van der Waals surface area contributed by atoms with Crippen molar-refractivity contribution < 1.29 is 4.74 Å². The van der Waals surface area contributed by atoms with E-state index in [9.17, 15) is 0 Å². The summed E-state index contributed by atoms with van der Waals surface area (Å²) in [5.74, 6) is 0. The predicted octanol–water partition coefficient (Wildman–Crippen LogP) is 1.72. The molecular weight excluding hydrogens is 236 g/mol. The Morgan fingerprint density at radius 2 is 2.11 bits per heavy atom. The quantitative estimate of drug-likeness (QED) is 0.899. The summed E-state index contributed by atoms with van der Waals surface area (Å²) in [6, 6.07) is 7.02. The third-order valence-electron chi connectivity index (χ3n) is 4.23. The molecule has 2 atom stereocenters. The molecule has 0 spiro atoms. The van der Waals surface area contributed by atoms with Crippen LogP contribution in [0.4, 0.5) is 0 Å². The summed E-state index contributed by atoms with van der Waals surface area (Å²) in [7, 11) is 0. The van der Waals surface area contributed by atoms with E-state index in [0.717, 1.165) is 19.6 Å². The summed E-state index contributed by atoms with van der Waals surface area (Å²) in [6.45, 7) is 5.74. The molecule has 1 aliphatic heterocycles. The Morgan fingerprint density at radius 3 is 2.95 bits per heavy atom. The number of rotatable bonds is 3. The monoisotopic (exact) mass is 260 g/mol. The molecule has 0 aromatic heterocycles. The van der Waals surface area contributed by atoms with Crippen molar-refractivity contribution in [3.05, 3.63) is 34.9 Å². The van der Waals surface area contributed by atoms with Crippen LogP contribution >= 0.6 is 0 Å². The van der Waals surface area contributed by atoms with E-state index in [2.05, 4.69) is 30.0 Å². The van der Waals surface area contributed by atoms with Gasteiger partial charge in [0.25, 0.3) is 0 Å². The molecule has 2 aliphatic rings. The highest BCUT2D eigenvalue weighted by atomic mass is 16.5. The van der Waals surface area contributed by atoms with Crippen LogP contribution in [-0.4, -0.2) is 36.7 Å². The lowest BCUT2D eigenvalue weighted by molar-refractivity contribution is -0.0745. The fourth-order valence-corrected chi connectivity index (χ4v) is 3.38. The molecule has 19 heavy (non-hydrogen) atoms. The van der Waals surface area contributed by atoms with E-state index in [0.29, 0.717) is 6.54 Å². The highest BCUT2D eigenvalue weighted by Crippen LogP contribution is 2.24. The maximum absolute atomic E-state index is 5.81. The van der Waals surface area contributed by atoms with E-state index >= 15 is 0 Å². The standard InChI is InChI=1S/C16H24N2O/c1-12-9-18(11-16(8-17)19-12)10-13-5-6-14-3-2-4-15(14)7-13/h5-7,12,16H,2-4,8-11,17H2,1H3. The van der Waals surface area contributed by atoms with Gasteiger partial charge >= 0.3 is 0 Å². The lowest BCUT2D eigenvalue weighted by atomic mass is 10.1. The SMILES string of the molecule is CC1CN(Cc2ccc3c(c2)CCC3)CC(CN)O1. The molecule has 1 fully saturated rings. The zero-order valence-corrected chi connectivity index (χ0v) is 11.8. The second kappa shape index (κ2) is 5.61. The molecule has 2 N–H and O–H groups in total. The first-order chi connectivity index (χ1) is 9.24. The number of fused-ring (bicyclic) bond motifs is 1. The molecule has 3 nitrogen and oxygen atoms in total. The molecule has 2 unspecified atom stereocenters. The normalized spacial score (nSPS) is 27.5. The maximum atomic E-state index is 5.81. The molecular formula is C16H24N2O. The summed E-state index contributed by atoms with van der Waals surface area (Å²) in [5, 5.41) is 0. The smallest absolute Gasteiger partial charge is 0.0828 e. The third-order valence-corrected chi connectivity index (χ3v) is 4.23. The van der Waals surface area contributed by atoms with Crippen molar-refractivity contribution >= 4 is 0 Å². The number of nitrogens with zero attached hydrogens (tertiary/aromatic N) is 1. The number of ether oxygens (including phenoxy) is 1. The Balaban J connectivity index is 1.67. The minimum Gasteiger partial charge on any atom is -0.371 e. The zero-order chi connectivity index (χ0) is 13.2. The summed E-state index contributed by atoms with van der Waals surface area (Å²) >= 11 is 0. The summed E-state index contributed by atoms with van der Waals surface area (Å²) < 4.78 is 5.81. The van der Waals surface area contributed by atoms with Crippen molar-refractivity contribution in [1.29, 1.82) is 0 Å². The van der Waals surface area contributed by atoms with Gasteiger partial charge in [-0.25, -0.2) is 0 Å². The van der Waals surface area contributed by atoms with Crippen molar-refractivity contribution in [1.82, 2.24) is 4.90 Å². The third kappa shape index (κ3) is 2.99. The van der Waals surface area contributed by atoms with Gasteiger partial charge in [-0.2, -0.15) is 0 Å². The maximum Gasteiger partial charge on any atom is 0.0828 e. The van der Waals surface area contributed by atoms with Gasteiger partial charge in [0, 0.05) is 26.2 Å². The first-order valence-electron chi connectivity index (χ1n) is 7.43. The molecule has 1 aromatic rings. The summed E-state index contributed by atoms with van der Waals surface area (Å²) in [4.78, 5) is 2.47. The number of hydrogen-bond acceptors (Lipinski definition) is 3. The highest BCUT2D eigenvalue weighted by Gasteiger charge is 2.24. The van der Waals surface area contributed by atoms with Gasteiger partial charge in [-0.05, 0) is 42.9 Å². The Morgan fingerprint density at radius 1 is 1.26 bits per heavy atom. The van der Waals surface area contributed by atoms with E-state index in [-0.39, 0.29) is 12.2 Å². The lowest BCUT2D eigenvalue weighted by Gasteiger charge is -2.36. The molecule has 1 aromatic carbocycles. The van der Waals surface area contributed by atoms with Crippen molar-refractivity contribution in [2.75, 3.05) is 19.6 Å². The fraction of sp³-hybridized carbons (Fsp3) is 0.625. The second-order valence-corrected chi connectivity index (χ2v) is 5.96. The summed E-state index contributed by atoms with van der Waals surface area (Å²) in [5.41, 5.74) is 10.3. The molecule has 0 bridgehead atoms. The van der Waals surface area contributed by atoms with Crippen LogP contribution in [0.5, 0.6) is 0 Å². The molecule has 0 saturated carbocycles. The summed E-state index contributed by atoms with van der Waals surface area (Å²) in [6.07, 6.45) is 4.32. The van der Waals surface area contributed by atoms with Gasteiger partial charge < -0.3 is 10.5 Å².